The summed E-state index contributed by atoms with van der Waals surface area (Å²) in [6, 6.07) is 9.84. The third-order valence-corrected chi connectivity index (χ3v) is 6.20. The van der Waals surface area contributed by atoms with Gasteiger partial charge in [0.15, 0.2) is 5.96 Å². The molecule has 3 rings (SSSR count). The molecule has 2 aliphatic rings. The van der Waals surface area contributed by atoms with E-state index in [1.807, 2.05) is 42.2 Å². The Morgan fingerprint density at radius 1 is 0.969 bits per heavy atom. The van der Waals surface area contributed by atoms with Gasteiger partial charge < -0.3 is 20.4 Å². The van der Waals surface area contributed by atoms with Crippen molar-refractivity contribution < 1.29 is 9.59 Å². The number of hydrogen-bond donors (Lipinski definition) is 2. The lowest BCUT2D eigenvalue weighted by atomic mass is 10.2. The van der Waals surface area contributed by atoms with Gasteiger partial charge >= 0.3 is 0 Å². The molecule has 176 valence electrons. The summed E-state index contributed by atoms with van der Waals surface area (Å²) in [5, 5.41) is 6.30. The SMILES string of the molecule is CCNC(=NCCC(=O)NCc1ccccc1)N1CCN(C(C)C(=O)N2CCCC2)CC1. The van der Waals surface area contributed by atoms with Crippen LogP contribution in [0.1, 0.15) is 38.7 Å². The first kappa shape index (κ1) is 24.0. The van der Waals surface area contributed by atoms with E-state index in [9.17, 15) is 9.59 Å². The van der Waals surface area contributed by atoms with Crippen LogP contribution in [-0.4, -0.2) is 90.9 Å². The van der Waals surface area contributed by atoms with E-state index >= 15 is 0 Å². The molecule has 0 radical (unpaired) electrons. The van der Waals surface area contributed by atoms with Gasteiger partial charge in [0.1, 0.15) is 0 Å². The van der Waals surface area contributed by atoms with E-state index in [-0.39, 0.29) is 17.9 Å². The average Bonchev–Trinajstić information content (AvgIpc) is 3.37. The second-order valence-corrected chi connectivity index (χ2v) is 8.48. The molecule has 0 saturated carbocycles. The summed E-state index contributed by atoms with van der Waals surface area (Å²) in [5.41, 5.74) is 1.09. The minimum absolute atomic E-state index is 0.00696. The lowest BCUT2D eigenvalue weighted by Crippen LogP contribution is -2.57. The van der Waals surface area contributed by atoms with E-state index in [0.717, 1.165) is 70.2 Å². The number of piperazine rings is 1. The number of guanidine groups is 1. The molecular weight excluding hydrogens is 404 g/mol. The second-order valence-electron chi connectivity index (χ2n) is 8.48. The van der Waals surface area contributed by atoms with Crippen LogP contribution in [0.3, 0.4) is 0 Å². The molecule has 0 aromatic heterocycles. The summed E-state index contributed by atoms with van der Waals surface area (Å²) in [6.07, 6.45) is 2.61. The van der Waals surface area contributed by atoms with Crippen LogP contribution in [0.5, 0.6) is 0 Å². The highest BCUT2D eigenvalue weighted by Gasteiger charge is 2.30. The molecule has 2 aliphatic heterocycles. The van der Waals surface area contributed by atoms with Crippen molar-refractivity contribution in [3.63, 3.8) is 0 Å². The van der Waals surface area contributed by atoms with Gasteiger partial charge in [-0.25, -0.2) is 0 Å². The molecule has 2 heterocycles. The molecule has 1 aromatic carbocycles. The monoisotopic (exact) mass is 442 g/mol. The standard InChI is InChI=1S/C24H38N6O2/c1-3-25-24(26-12-11-22(31)27-19-21-9-5-4-6-10-21)30-17-15-28(16-18-30)20(2)23(32)29-13-7-8-14-29/h4-6,9-10,20H,3,7-8,11-19H2,1-2H3,(H,25,26)(H,27,31). The lowest BCUT2D eigenvalue weighted by molar-refractivity contribution is -0.135. The molecule has 8 nitrogen and oxygen atoms in total. The van der Waals surface area contributed by atoms with Crippen LogP contribution in [0, 0.1) is 0 Å². The topological polar surface area (TPSA) is 80.3 Å². The van der Waals surface area contributed by atoms with Crippen molar-refractivity contribution in [3.8, 4) is 0 Å². The molecule has 8 heteroatoms. The minimum Gasteiger partial charge on any atom is -0.357 e. The Balaban J connectivity index is 1.43. The molecule has 0 bridgehead atoms. The number of nitrogens with one attached hydrogen (secondary N) is 2. The van der Waals surface area contributed by atoms with Gasteiger partial charge in [0, 0.05) is 58.8 Å². The van der Waals surface area contributed by atoms with Crippen LogP contribution in [0.2, 0.25) is 0 Å². The third kappa shape index (κ3) is 6.95. The summed E-state index contributed by atoms with van der Waals surface area (Å²) in [6.45, 7) is 11.0. The fraction of sp³-hybridized carbons (Fsp3) is 0.625. The van der Waals surface area contributed by atoms with Gasteiger partial charge in [0.05, 0.1) is 12.6 Å². The first-order valence-corrected chi connectivity index (χ1v) is 11.9. The van der Waals surface area contributed by atoms with Gasteiger partial charge in [-0.3, -0.25) is 19.5 Å². The smallest absolute Gasteiger partial charge is 0.239 e. The molecule has 2 amide bonds. The highest BCUT2D eigenvalue weighted by molar-refractivity contribution is 5.82. The maximum absolute atomic E-state index is 12.7. The summed E-state index contributed by atoms with van der Waals surface area (Å²) in [5.74, 6) is 1.12. The van der Waals surface area contributed by atoms with Gasteiger partial charge in [-0.05, 0) is 32.3 Å². The first-order chi connectivity index (χ1) is 15.6. The van der Waals surface area contributed by atoms with Gasteiger partial charge in [-0.2, -0.15) is 0 Å². The quantitative estimate of drug-likeness (QED) is 0.468. The van der Waals surface area contributed by atoms with Crippen LogP contribution in [0.25, 0.3) is 0 Å². The Kier molecular flexibility index (Phi) is 9.34. The maximum Gasteiger partial charge on any atom is 0.239 e. The first-order valence-electron chi connectivity index (χ1n) is 11.9. The molecular formula is C24H38N6O2. The van der Waals surface area contributed by atoms with Crippen LogP contribution in [-0.2, 0) is 16.1 Å². The Morgan fingerprint density at radius 2 is 1.66 bits per heavy atom. The highest BCUT2D eigenvalue weighted by atomic mass is 16.2. The van der Waals surface area contributed by atoms with E-state index in [1.54, 1.807) is 0 Å². The summed E-state index contributed by atoms with van der Waals surface area (Å²) < 4.78 is 0. The second kappa shape index (κ2) is 12.4. The molecule has 1 atom stereocenters. The predicted octanol–water partition coefficient (Wildman–Crippen LogP) is 1.29. The summed E-state index contributed by atoms with van der Waals surface area (Å²) in [4.78, 5) is 36.1. The number of benzene rings is 1. The van der Waals surface area contributed by atoms with Crippen molar-refractivity contribution >= 4 is 17.8 Å². The minimum atomic E-state index is -0.0666. The van der Waals surface area contributed by atoms with Crippen molar-refractivity contribution in [2.75, 3.05) is 52.4 Å². The Morgan fingerprint density at radius 3 is 2.31 bits per heavy atom. The lowest BCUT2D eigenvalue weighted by Gasteiger charge is -2.39. The fourth-order valence-electron chi connectivity index (χ4n) is 4.25. The number of likely N-dealkylation sites (tertiary alicyclic amines) is 1. The number of rotatable bonds is 8. The number of carbonyl (C=O) groups is 2. The van der Waals surface area contributed by atoms with E-state index < -0.39 is 0 Å². The molecule has 0 aliphatic carbocycles. The molecule has 2 N–H and O–H groups in total. The van der Waals surface area contributed by atoms with Gasteiger partial charge in [-0.1, -0.05) is 30.3 Å². The highest BCUT2D eigenvalue weighted by Crippen LogP contribution is 2.14. The van der Waals surface area contributed by atoms with Gasteiger partial charge in [-0.15, -0.1) is 0 Å². The van der Waals surface area contributed by atoms with Crippen LogP contribution >= 0.6 is 0 Å². The molecule has 32 heavy (non-hydrogen) atoms. The number of nitrogens with zero attached hydrogens (tertiary/aromatic N) is 4. The zero-order valence-electron chi connectivity index (χ0n) is 19.6. The third-order valence-electron chi connectivity index (χ3n) is 6.20. The van der Waals surface area contributed by atoms with Crippen molar-refractivity contribution in [2.24, 2.45) is 4.99 Å². The Hall–Kier alpha value is -2.61. The zero-order chi connectivity index (χ0) is 22.8. The van der Waals surface area contributed by atoms with Crippen LogP contribution in [0.4, 0.5) is 0 Å². The van der Waals surface area contributed by atoms with Crippen molar-refractivity contribution in [2.45, 2.75) is 45.7 Å². The van der Waals surface area contributed by atoms with E-state index in [1.165, 1.54) is 0 Å². The number of carbonyl (C=O) groups excluding carboxylic acids is 2. The van der Waals surface area contributed by atoms with Crippen molar-refractivity contribution in [1.82, 2.24) is 25.3 Å². The normalized spacial score (nSPS) is 18.5. The number of aliphatic imine (C=N–C) groups is 1. The molecule has 0 spiro atoms. The maximum atomic E-state index is 12.7. The van der Waals surface area contributed by atoms with Gasteiger partial charge in [0.25, 0.3) is 0 Å². The van der Waals surface area contributed by atoms with E-state index in [0.29, 0.717) is 19.5 Å². The van der Waals surface area contributed by atoms with Crippen LogP contribution < -0.4 is 10.6 Å². The zero-order valence-corrected chi connectivity index (χ0v) is 19.6. The Bertz CT molecular complexity index is 755. The fourth-order valence-corrected chi connectivity index (χ4v) is 4.25. The molecule has 2 fully saturated rings. The van der Waals surface area contributed by atoms with Gasteiger partial charge in [0.2, 0.25) is 11.8 Å². The molecule has 1 unspecified atom stereocenters. The van der Waals surface area contributed by atoms with Crippen molar-refractivity contribution in [3.05, 3.63) is 35.9 Å². The summed E-state index contributed by atoms with van der Waals surface area (Å²) >= 11 is 0. The predicted molar refractivity (Wildman–Crippen MR) is 127 cm³/mol. The number of hydrogen-bond acceptors (Lipinski definition) is 4. The Labute approximate surface area is 192 Å². The van der Waals surface area contributed by atoms with E-state index in [2.05, 4.69) is 32.3 Å². The number of amides is 2. The largest absolute Gasteiger partial charge is 0.357 e. The van der Waals surface area contributed by atoms with Crippen molar-refractivity contribution in [1.29, 1.82) is 0 Å². The van der Waals surface area contributed by atoms with Crippen LogP contribution in [0.15, 0.2) is 35.3 Å². The molecule has 2 saturated heterocycles. The summed E-state index contributed by atoms with van der Waals surface area (Å²) in [7, 11) is 0. The average molecular weight is 443 g/mol. The van der Waals surface area contributed by atoms with E-state index in [4.69, 9.17) is 0 Å². The molecule has 1 aromatic rings.